The van der Waals surface area contributed by atoms with Gasteiger partial charge in [-0.15, -0.1) is 0 Å². The molecule has 0 spiro atoms. The maximum absolute atomic E-state index is 7.03. The average molecular weight is 490 g/mol. The monoisotopic (exact) mass is 488 g/mol. The molecule has 2 aromatic rings. The Labute approximate surface area is 188 Å². The van der Waals surface area contributed by atoms with Gasteiger partial charge in [-0.2, -0.15) is 0 Å². The maximum atomic E-state index is 7.03. The van der Waals surface area contributed by atoms with Crippen molar-refractivity contribution in [3.63, 3.8) is 0 Å². The van der Waals surface area contributed by atoms with E-state index in [4.69, 9.17) is 4.43 Å². The van der Waals surface area contributed by atoms with E-state index in [9.17, 15) is 0 Å². The van der Waals surface area contributed by atoms with Crippen molar-refractivity contribution in [2.45, 2.75) is 68.7 Å². The smallest absolute Gasteiger partial charge is 0.261 e. The number of hydrogen-bond donors (Lipinski definition) is 0. The maximum Gasteiger partial charge on any atom is 0.261 e. The van der Waals surface area contributed by atoms with Gasteiger partial charge in [-0.05, 0) is 40.6 Å². The van der Waals surface area contributed by atoms with Crippen molar-refractivity contribution in [3.8, 4) is 0 Å². The van der Waals surface area contributed by atoms with E-state index in [1.54, 1.807) is 0 Å². The van der Waals surface area contributed by atoms with Crippen LogP contribution in [0.5, 0.6) is 0 Å². The van der Waals surface area contributed by atoms with Crippen molar-refractivity contribution in [2.24, 2.45) is 5.92 Å². The number of halogens is 1. The molecule has 0 saturated heterocycles. The summed E-state index contributed by atoms with van der Waals surface area (Å²) in [5.41, 5.74) is 0. The van der Waals surface area contributed by atoms with Crippen LogP contribution in [-0.4, -0.2) is 26.9 Å². The SMILES string of the molecule is CC(C)(C)[Si](OCCCC1CC1(Br)[Si](C)(C)C)(c1ccccc1)c1ccccc1. The topological polar surface area (TPSA) is 9.23 Å². The predicted octanol–water partition coefficient (Wildman–Crippen LogP) is 6.37. The second kappa shape index (κ2) is 8.45. The summed E-state index contributed by atoms with van der Waals surface area (Å²) in [6.07, 6.45) is 3.77. The predicted molar refractivity (Wildman–Crippen MR) is 136 cm³/mol. The molecule has 0 aromatic heterocycles. The first-order valence-corrected chi connectivity index (χ1v) is 17.2. The summed E-state index contributed by atoms with van der Waals surface area (Å²) in [6.45, 7) is 15.4. The highest BCUT2D eigenvalue weighted by Gasteiger charge is 2.59. The van der Waals surface area contributed by atoms with Gasteiger partial charge in [-0.1, -0.05) is 117 Å². The third kappa shape index (κ3) is 4.51. The number of alkyl halides is 1. The van der Waals surface area contributed by atoms with Gasteiger partial charge >= 0.3 is 0 Å². The van der Waals surface area contributed by atoms with E-state index >= 15 is 0 Å². The van der Waals surface area contributed by atoms with Crippen molar-refractivity contribution >= 4 is 42.7 Å². The van der Waals surface area contributed by atoms with E-state index in [-0.39, 0.29) is 5.04 Å². The molecular weight excluding hydrogens is 452 g/mol. The molecule has 29 heavy (non-hydrogen) atoms. The quantitative estimate of drug-likeness (QED) is 0.238. The van der Waals surface area contributed by atoms with Crippen LogP contribution >= 0.6 is 15.9 Å². The van der Waals surface area contributed by atoms with Crippen molar-refractivity contribution in [3.05, 3.63) is 60.7 Å². The normalized spacial score (nSPS) is 22.5. The zero-order valence-corrected chi connectivity index (χ0v) is 22.6. The molecule has 1 saturated carbocycles. The number of benzene rings is 2. The molecule has 158 valence electrons. The lowest BCUT2D eigenvalue weighted by atomic mass is 10.2. The molecule has 0 radical (unpaired) electrons. The second-order valence-electron chi connectivity index (χ2n) is 10.7. The molecule has 2 aromatic carbocycles. The lowest BCUT2D eigenvalue weighted by Crippen LogP contribution is -2.66. The first kappa shape index (κ1) is 23.0. The molecule has 2 atom stereocenters. The molecule has 1 aliphatic carbocycles. The van der Waals surface area contributed by atoms with Gasteiger partial charge in [0.2, 0.25) is 0 Å². The summed E-state index contributed by atoms with van der Waals surface area (Å²) in [4.78, 5) is 0. The molecule has 0 aliphatic heterocycles. The van der Waals surface area contributed by atoms with Gasteiger partial charge in [0.15, 0.2) is 0 Å². The van der Waals surface area contributed by atoms with Crippen molar-refractivity contribution in [1.29, 1.82) is 0 Å². The van der Waals surface area contributed by atoms with E-state index < -0.39 is 16.4 Å². The second-order valence-corrected chi connectivity index (χ2v) is 22.5. The van der Waals surface area contributed by atoms with E-state index in [0.717, 1.165) is 18.9 Å². The number of rotatable bonds is 8. The largest absolute Gasteiger partial charge is 0.407 e. The van der Waals surface area contributed by atoms with Crippen LogP contribution in [0.15, 0.2) is 60.7 Å². The highest BCUT2D eigenvalue weighted by atomic mass is 79.9. The highest BCUT2D eigenvalue weighted by Crippen LogP contribution is 2.59. The molecule has 0 N–H and O–H groups in total. The van der Waals surface area contributed by atoms with Crippen molar-refractivity contribution in [2.75, 3.05) is 6.61 Å². The Morgan fingerprint density at radius 3 is 1.79 bits per heavy atom. The van der Waals surface area contributed by atoms with E-state index in [0.29, 0.717) is 3.95 Å². The van der Waals surface area contributed by atoms with Crippen molar-refractivity contribution < 1.29 is 4.43 Å². The fourth-order valence-corrected chi connectivity index (χ4v) is 12.3. The molecule has 3 rings (SSSR count). The molecule has 1 fully saturated rings. The van der Waals surface area contributed by atoms with Gasteiger partial charge in [0.1, 0.15) is 0 Å². The van der Waals surface area contributed by atoms with Crippen LogP contribution in [0.1, 0.15) is 40.0 Å². The summed E-state index contributed by atoms with van der Waals surface area (Å²) < 4.78 is 7.49. The fourth-order valence-electron chi connectivity index (χ4n) is 4.87. The van der Waals surface area contributed by atoms with Crippen LogP contribution in [0.2, 0.25) is 24.7 Å². The molecule has 0 bridgehead atoms. The molecule has 4 heteroatoms. The van der Waals surface area contributed by atoms with Crippen LogP contribution in [-0.2, 0) is 4.43 Å². The Morgan fingerprint density at radius 1 is 0.931 bits per heavy atom. The van der Waals surface area contributed by atoms with Crippen LogP contribution in [0.25, 0.3) is 0 Å². The molecule has 1 nitrogen and oxygen atoms in total. The summed E-state index contributed by atoms with van der Waals surface area (Å²) in [6, 6.07) is 22.0. The van der Waals surface area contributed by atoms with E-state index in [1.165, 1.54) is 23.2 Å². The van der Waals surface area contributed by atoms with E-state index in [2.05, 4.69) is 117 Å². The first-order valence-electron chi connectivity index (χ1n) is 11.0. The Morgan fingerprint density at radius 2 is 1.41 bits per heavy atom. The first-order chi connectivity index (χ1) is 13.5. The lowest BCUT2D eigenvalue weighted by Gasteiger charge is -2.43. The van der Waals surface area contributed by atoms with Gasteiger partial charge in [0, 0.05) is 10.6 Å². The molecule has 2 unspecified atom stereocenters. The summed E-state index contributed by atoms with van der Waals surface area (Å²) in [5, 5.41) is 2.82. The summed E-state index contributed by atoms with van der Waals surface area (Å²) in [5.74, 6) is 0.830. The van der Waals surface area contributed by atoms with Gasteiger partial charge in [0.25, 0.3) is 8.32 Å². The number of hydrogen-bond acceptors (Lipinski definition) is 1. The minimum atomic E-state index is -2.38. The third-order valence-electron chi connectivity index (χ3n) is 6.71. The highest BCUT2D eigenvalue weighted by molar-refractivity contribution is 9.10. The summed E-state index contributed by atoms with van der Waals surface area (Å²) in [7, 11) is -3.53. The standard InChI is InChI=1S/C25H37BrOSi2/c1-24(2,3)29(22-15-9-7-10-16-22,23-17-11-8-12-18-23)27-19-13-14-21-20-25(21,26)28(4,5)6/h7-12,15-18,21H,13-14,19-20H2,1-6H3. The Bertz CT molecular complexity index is 756. The minimum absolute atomic E-state index is 0.0623. The van der Waals surface area contributed by atoms with Crippen LogP contribution in [0.4, 0.5) is 0 Å². The van der Waals surface area contributed by atoms with Crippen LogP contribution < -0.4 is 10.4 Å². The Hall–Kier alpha value is -0.686. The van der Waals surface area contributed by atoms with Gasteiger partial charge in [-0.3, -0.25) is 0 Å². The Balaban J connectivity index is 1.80. The molecule has 0 amide bonds. The average Bonchev–Trinajstić information content (AvgIpc) is 3.34. The van der Waals surface area contributed by atoms with Crippen LogP contribution in [0, 0.1) is 5.92 Å². The Kier molecular flexibility index (Phi) is 6.70. The lowest BCUT2D eigenvalue weighted by molar-refractivity contribution is 0.285. The molecular formula is C25H37BrOSi2. The zero-order valence-electron chi connectivity index (χ0n) is 19.0. The fraction of sp³-hybridized carbons (Fsp3) is 0.520. The zero-order chi connectivity index (χ0) is 21.3. The van der Waals surface area contributed by atoms with Gasteiger partial charge < -0.3 is 4.43 Å². The molecule has 1 aliphatic rings. The van der Waals surface area contributed by atoms with Gasteiger partial charge in [-0.25, -0.2) is 0 Å². The minimum Gasteiger partial charge on any atom is -0.407 e. The summed E-state index contributed by atoms with van der Waals surface area (Å²) >= 11 is 4.10. The van der Waals surface area contributed by atoms with Crippen LogP contribution in [0.3, 0.4) is 0 Å². The van der Waals surface area contributed by atoms with E-state index in [1.807, 2.05) is 0 Å². The van der Waals surface area contributed by atoms with Crippen molar-refractivity contribution in [1.82, 2.24) is 0 Å². The third-order valence-corrected chi connectivity index (χ3v) is 19.4. The molecule has 0 heterocycles. The van der Waals surface area contributed by atoms with Gasteiger partial charge in [0.05, 0.1) is 8.07 Å².